The van der Waals surface area contributed by atoms with Crippen LogP contribution in [0.1, 0.15) is 0 Å². The Kier molecular flexibility index (Phi) is 5.07. The summed E-state index contributed by atoms with van der Waals surface area (Å²) in [5.41, 5.74) is 0. The number of ether oxygens (including phenoxy) is 1. The molecule has 20 heavy (non-hydrogen) atoms. The van der Waals surface area contributed by atoms with Gasteiger partial charge in [0.15, 0.2) is 5.75 Å². The second-order valence-electron chi connectivity index (χ2n) is 3.78. The van der Waals surface area contributed by atoms with E-state index in [9.17, 15) is 0 Å². The van der Waals surface area contributed by atoms with Crippen LogP contribution in [0.2, 0.25) is 0 Å². The molecule has 5 nitrogen and oxygen atoms in total. The number of rotatable bonds is 4. The van der Waals surface area contributed by atoms with E-state index in [1.165, 1.54) is 4.85 Å². The van der Waals surface area contributed by atoms with E-state index in [-0.39, 0.29) is 26.2 Å². The molecule has 2 aromatic carbocycles. The van der Waals surface area contributed by atoms with E-state index in [2.05, 4.69) is 10.3 Å². The van der Waals surface area contributed by atoms with E-state index in [0.717, 1.165) is 0 Å². The van der Waals surface area contributed by atoms with Gasteiger partial charge in [-0.25, -0.2) is 0 Å². The molecule has 0 N–H and O–H groups in total. The summed E-state index contributed by atoms with van der Waals surface area (Å²) in [5.74, 6) is 1.76. The summed E-state index contributed by atoms with van der Waals surface area (Å²) in [5, 5.41) is 7.70. The molecule has 0 radical (unpaired) electrons. The van der Waals surface area contributed by atoms with Crippen molar-refractivity contribution in [2.75, 3.05) is 0 Å². The fraction of sp³-hybridized carbons (Fsp3) is 0. The van der Waals surface area contributed by atoms with Crippen molar-refractivity contribution in [2.45, 2.75) is 0 Å². The Labute approximate surface area is 135 Å². The van der Waals surface area contributed by atoms with E-state index in [1.54, 1.807) is 6.20 Å². The van der Waals surface area contributed by atoms with Gasteiger partial charge in [-0.1, -0.05) is 46.3 Å². The Balaban J connectivity index is 0.00000147. The van der Waals surface area contributed by atoms with Crippen molar-refractivity contribution in [3.8, 4) is 17.4 Å². The molecule has 0 aliphatic carbocycles. The maximum absolute atomic E-state index is 5.52. The molecule has 0 unspecified atom stereocenters. The van der Waals surface area contributed by atoms with Crippen LogP contribution in [0.3, 0.4) is 0 Å². The van der Waals surface area contributed by atoms with Crippen molar-refractivity contribution in [1.82, 2.24) is 15.2 Å². The van der Waals surface area contributed by atoms with Gasteiger partial charge in [0.05, 0.1) is 0 Å². The van der Waals surface area contributed by atoms with Gasteiger partial charge in [-0.15, -0.1) is 0 Å². The van der Waals surface area contributed by atoms with Gasteiger partial charge >= 0.3 is 0 Å². The van der Waals surface area contributed by atoms with Crippen LogP contribution in [0.15, 0.2) is 66.9 Å². The molecule has 0 aliphatic rings. The van der Waals surface area contributed by atoms with Gasteiger partial charge in [0.25, 0.3) is 5.88 Å². The van der Waals surface area contributed by atoms with Gasteiger partial charge in [-0.3, -0.25) is 0 Å². The molecule has 0 spiro atoms. The molecule has 98 valence electrons. The third-order valence-corrected chi connectivity index (χ3v) is 2.36. The van der Waals surface area contributed by atoms with Crippen LogP contribution in [-0.4, -0.2) is 15.2 Å². The predicted octanol–water partition coefficient (Wildman–Crippen LogP) is 2.91. The quantitative estimate of drug-likeness (QED) is 0.730. The molecule has 0 amide bonds. The van der Waals surface area contributed by atoms with E-state index in [4.69, 9.17) is 9.57 Å². The standard InChI is InChI=1S/C14H11N3O2.Zr/c1-3-7-12(8-4-1)18-14-11-17(16-15-14)19-13-9-5-2-6-10-13;/h1-11H;. The largest absolute Gasteiger partial charge is 0.436 e. The van der Waals surface area contributed by atoms with Crippen LogP contribution in [0, 0.1) is 0 Å². The Morgan fingerprint density at radius 1 is 0.800 bits per heavy atom. The minimum atomic E-state index is 0. The molecule has 0 saturated heterocycles. The number of benzene rings is 2. The van der Waals surface area contributed by atoms with Gasteiger partial charge < -0.3 is 9.57 Å². The number of hydrogen-bond acceptors (Lipinski definition) is 4. The fourth-order valence-electron chi connectivity index (χ4n) is 1.52. The monoisotopic (exact) mass is 343 g/mol. The molecule has 3 rings (SSSR count). The van der Waals surface area contributed by atoms with E-state index in [0.29, 0.717) is 17.4 Å². The summed E-state index contributed by atoms with van der Waals surface area (Å²) < 4.78 is 5.52. The third-order valence-electron chi connectivity index (χ3n) is 2.36. The first-order valence-corrected chi connectivity index (χ1v) is 5.79. The van der Waals surface area contributed by atoms with E-state index < -0.39 is 0 Å². The Morgan fingerprint density at radius 3 is 2.05 bits per heavy atom. The molecule has 0 aliphatic heterocycles. The van der Waals surface area contributed by atoms with Crippen molar-refractivity contribution >= 4 is 0 Å². The average molecular weight is 344 g/mol. The zero-order chi connectivity index (χ0) is 12.9. The van der Waals surface area contributed by atoms with Gasteiger partial charge in [-0.2, -0.15) is 0 Å². The molecule has 1 aromatic heterocycles. The van der Waals surface area contributed by atoms with Crippen LogP contribution < -0.4 is 9.57 Å². The van der Waals surface area contributed by atoms with E-state index >= 15 is 0 Å². The van der Waals surface area contributed by atoms with Crippen molar-refractivity contribution in [3.63, 3.8) is 0 Å². The molecular formula is C14H11N3O2Zr. The predicted molar refractivity (Wildman–Crippen MR) is 69.0 cm³/mol. The molecule has 6 heteroatoms. The average Bonchev–Trinajstić information content (AvgIpc) is 2.88. The topological polar surface area (TPSA) is 49.2 Å². The van der Waals surface area contributed by atoms with Crippen molar-refractivity contribution in [1.29, 1.82) is 0 Å². The molecule has 3 aromatic rings. The summed E-state index contributed by atoms with van der Waals surface area (Å²) in [6, 6.07) is 18.7. The zero-order valence-electron chi connectivity index (χ0n) is 10.5. The van der Waals surface area contributed by atoms with Crippen LogP contribution >= 0.6 is 0 Å². The van der Waals surface area contributed by atoms with Gasteiger partial charge in [0.1, 0.15) is 11.9 Å². The first kappa shape index (κ1) is 14.5. The molecule has 0 saturated carbocycles. The normalized spacial score (nSPS) is 9.60. The van der Waals surface area contributed by atoms with Crippen molar-refractivity contribution in [2.24, 2.45) is 0 Å². The van der Waals surface area contributed by atoms with Gasteiger partial charge in [0.2, 0.25) is 0 Å². The summed E-state index contributed by atoms with van der Waals surface area (Å²) in [7, 11) is 0. The number of hydrogen-bond donors (Lipinski definition) is 0. The smallest absolute Gasteiger partial charge is 0.262 e. The van der Waals surface area contributed by atoms with Gasteiger partial charge in [-0.05, 0) is 29.5 Å². The Hall–Kier alpha value is -1.94. The molecule has 1 heterocycles. The molecule has 0 fully saturated rings. The van der Waals surface area contributed by atoms with Crippen molar-refractivity contribution < 1.29 is 35.8 Å². The minimum absolute atomic E-state index is 0. The third kappa shape index (κ3) is 3.78. The van der Waals surface area contributed by atoms with Crippen LogP contribution in [0.5, 0.6) is 17.4 Å². The Morgan fingerprint density at radius 2 is 1.40 bits per heavy atom. The second-order valence-corrected chi connectivity index (χ2v) is 3.78. The first-order chi connectivity index (χ1) is 9.40. The van der Waals surface area contributed by atoms with Crippen molar-refractivity contribution in [3.05, 3.63) is 66.9 Å². The molecular weight excluding hydrogens is 333 g/mol. The number of aromatic nitrogens is 3. The Bertz CT molecular complexity index is 588. The van der Waals surface area contributed by atoms with Crippen LogP contribution in [-0.2, 0) is 26.2 Å². The SMILES string of the molecule is [Zr].c1ccc(Oc2cn(Oc3ccccc3)nn2)cc1. The first-order valence-electron chi connectivity index (χ1n) is 5.79. The maximum atomic E-state index is 5.52. The van der Waals surface area contributed by atoms with E-state index in [1.807, 2.05) is 60.7 Å². The second kappa shape index (κ2) is 7.01. The molecule has 0 bridgehead atoms. The summed E-state index contributed by atoms with van der Waals surface area (Å²) in [4.78, 5) is 6.72. The van der Waals surface area contributed by atoms with Crippen LogP contribution in [0.25, 0.3) is 0 Å². The maximum Gasteiger partial charge on any atom is 0.262 e. The van der Waals surface area contributed by atoms with Gasteiger partial charge in [0, 0.05) is 26.2 Å². The summed E-state index contributed by atoms with van der Waals surface area (Å²) in [6.07, 6.45) is 1.57. The number of nitrogens with zero attached hydrogens (tertiary/aromatic N) is 3. The van der Waals surface area contributed by atoms with Crippen LogP contribution in [0.4, 0.5) is 0 Å². The zero-order valence-corrected chi connectivity index (χ0v) is 13.0. The minimum Gasteiger partial charge on any atom is -0.436 e. The molecule has 0 atom stereocenters. The fourth-order valence-corrected chi connectivity index (χ4v) is 1.52. The summed E-state index contributed by atoms with van der Waals surface area (Å²) >= 11 is 0. The number of para-hydroxylation sites is 2. The summed E-state index contributed by atoms with van der Waals surface area (Å²) in [6.45, 7) is 0.